The summed E-state index contributed by atoms with van der Waals surface area (Å²) in [6.45, 7) is 0. The average Bonchev–Trinajstić information content (AvgIpc) is 2.32. The molecule has 8 nitrogen and oxygen atoms in total. The predicted molar refractivity (Wildman–Crippen MR) is 73.0 cm³/mol. The number of aromatic hydroxyl groups is 2. The van der Waals surface area contributed by atoms with Gasteiger partial charge in [0.1, 0.15) is 32.9 Å². The summed E-state index contributed by atoms with van der Waals surface area (Å²) >= 11 is 0. The van der Waals surface area contributed by atoms with Gasteiger partial charge in [0.15, 0.2) is 0 Å². The van der Waals surface area contributed by atoms with E-state index in [9.17, 15) is 28.2 Å². The van der Waals surface area contributed by atoms with Crippen molar-refractivity contribution in [3.8, 4) is 11.5 Å². The van der Waals surface area contributed by atoms with Gasteiger partial charge in [-0.2, -0.15) is 0 Å². The molecule has 116 valence electrons. The normalized spacial score (nSPS) is 12.6. The number of carboxylic acid groups (broad SMARTS) is 1. The number of rotatable bonds is 6. The molecular weight excluding hydrogens is 302 g/mol. The van der Waals surface area contributed by atoms with E-state index in [0.29, 0.717) is 0 Å². The smallest absolute Gasteiger partial charge is 0.326 e. The third-order valence-electron chi connectivity index (χ3n) is 2.63. The molecule has 0 radical (unpaired) electrons. The first-order valence-electron chi connectivity index (χ1n) is 5.84. The Hall–Kier alpha value is -2.29. The number of carboxylic acids is 1. The number of hydrogen-bond donors (Lipinski definition) is 4. The molecule has 0 aliphatic heterocycles. The largest absolute Gasteiger partial charge is 0.507 e. The second-order valence-corrected chi connectivity index (χ2v) is 6.71. The van der Waals surface area contributed by atoms with Crippen LogP contribution in [0.5, 0.6) is 11.5 Å². The van der Waals surface area contributed by atoms with E-state index in [1.54, 1.807) is 0 Å². The molecule has 1 amide bonds. The van der Waals surface area contributed by atoms with Crippen molar-refractivity contribution in [2.45, 2.75) is 12.5 Å². The summed E-state index contributed by atoms with van der Waals surface area (Å²) in [6, 6.07) is 2.16. The number of benzene rings is 1. The van der Waals surface area contributed by atoms with Crippen LogP contribution in [0.1, 0.15) is 16.8 Å². The Bertz CT molecular complexity index is 633. The number of aliphatic carboxylic acids is 1. The summed E-state index contributed by atoms with van der Waals surface area (Å²) < 4.78 is 22.1. The number of nitrogens with one attached hydrogen (secondary N) is 1. The van der Waals surface area contributed by atoms with Crippen LogP contribution in [0.2, 0.25) is 0 Å². The van der Waals surface area contributed by atoms with E-state index in [1.165, 1.54) is 6.07 Å². The van der Waals surface area contributed by atoms with Gasteiger partial charge in [-0.3, -0.25) is 4.79 Å². The quantitative estimate of drug-likeness (QED) is 0.565. The summed E-state index contributed by atoms with van der Waals surface area (Å²) in [5, 5.41) is 30.1. The predicted octanol–water partition coefficient (Wildman–Crippen LogP) is -0.285. The Morgan fingerprint density at radius 1 is 1.24 bits per heavy atom. The lowest BCUT2D eigenvalue weighted by Crippen LogP contribution is -2.41. The summed E-state index contributed by atoms with van der Waals surface area (Å²) in [6.07, 6.45) is 0.622. The number of hydrogen-bond acceptors (Lipinski definition) is 6. The molecule has 0 saturated heterocycles. The molecule has 4 N–H and O–H groups in total. The SMILES string of the molecule is CS(=O)(=O)CCC(NC(=O)c1c(O)cccc1O)C(=O)O. The molecule has 1 aromatic rings. The Kier molecular flexibility index (Phi) is 5.14. The van der Waals surface area contributed by atoms with E-state index in [2.05, 4.69) is 5.32 Å². The van der Waals surface area contributed by atoms with Crippen molar-refractivity contribution < 1.29 is 33.3 Å². The molecule has 21 heavy (non-hydrogen) atoms. The third-order valence-corrected chi connectivity index (χ3v) is 3.61. The monoisotopic (exact) mass is 317 g/mol. The minimum Gasteiger partial charge on any atom is -0.507 e. The summed E-state index contributed by atoms with van der Waals surface area (Å²) in [7, 11) is -3.38. The molecule has 0 heterocycles. The molecule has 1 unspecified atom stereocenters. The van der Waals surface area contributed by atoms with Gasteiger partial charge in [-0.25, -0.2) is 13.2 Å². The van der Waals surface area contributed by atoms with Crippen LogP contribution in [0.25, 0.3) is 0 Å². The van der Waals surface area contributed by atoms with Crippen LogP contribution in [-0.4, -0.2) is 53.7 Å². The number of carbonyl (C=O) groups is 2. The van der Waals surface area contributed by atoms with E-state index in [0.717, 1.165) is 18.4 Å². The van der Waals surface area contributed by atoms with Gasteiger partial charge >= 0.3 is 5.97 Å². The molecule has 0 aliphatic carbocycles. The third kappa shape index (κ3) is 4.95. The Balaban J connectivity index is 2.89. The highest BCUT2D eigenvalue weighted by atomic mass is 32.2. The van der Waals surface area contributed by atoms with Crippen molar-refractivity contribution in [2.75, 3.05) is 12.0 Å². The first-order chi connectivity index (χ1) is 9.61. The second-order valence-electron chi connectivity index (χ2n) is 4.45. The van der Waals surface area contributed by atoms with Crippen LogP contribution in [0.3, 0.4) is 0 Å². The van der Waals surface area contributed by atoms with Crippen LogP contribution < -0.4 is 5.32 Å². The summed E-state index contributed by atoms with van der Waals surface area (Å²) in [5.41, 5.74) is -0.469. The van der Waals surface area contributed by atoms with Gasteiger partial charge in [0.2, 0.25) is 0 Å². The van der Waals surface area contributed by atoms with E-state index >= 15 is 0 Å². The average molecular weight is 317 g/mol. The zero-order valence-corrected chi connectivity index (χ0v) is 11.9. The second kappa shape index (κ2) is 6.44. The molecule has 1 aromatic carbocycles. The standard InChI is InChI=1S/C12H15NO7S/c1-21(19,20)6-5-7(12(17)18)13-11(16)10-8(14)3-2-4-9(10)15/h2-4,7,14-15H,5-6H2,1H3,(H,13,16)(H,17,18). The zero-order chi connectivity index (χ0) is 16.2. The van der Waals surface area contributed by atoms with Crippen LogP contribution in [-0.2, 0) is 14.6 Å². The van der Waals surface area contributed by atoms with Crippen molar-refractivity contribution >= 4 is 21.7 Å². The molecule has 1 rings (SSSR count). The van der Waals surface area contributed by atoms with Crippen molar-refractivity contribution in [1.29, 1.82) is 0 Å². The molecule has 0 saturated carbocycles. The van der Waals surface area contributed by atoms with Crippen LogP contribution in [0.4, 0.5) is 0 Å². The lowest BCUT2D eigenvalue weighted by atomic mass is 10.1. The molecular formula is C12H15NO7S. The highest BCUT2D eigenvalue weighted by molar-refractivity contribution is 7.90. The topological polar surface area (TPSA) is 141 Å². The molecule has 0 aromatic heterocycles. The fraction of sp³-hybridized carbons (Fsp3) is 0.333. The first-order valence-corrected chi connectivity index (χ1v) is 7.90. The molecule has 0 spiro atoms. The van der Waals surface area contributed by atoms with Gasteiger partial charge in [-0.15, -0.1) is 0 Å². The van der Waals surface area contributed by atoms with E-state index in [1.807, 2.05) is 0 Å². The van der Waals surface area contributed by atoms with Crippen molar-refractivity contribution in [3.05, 3.63) is 23.8 Å². The maximum atomic E-state index is 11.9. The molecule has 0 aliphatic rings. The van der Waals surface area contributed by atoms with E-state index in [4.69, 9.17) is 5.11 Å². The fourth-order valence-corrected chi connectivity index (χ4v) is 2.24. The van der Waals surface area contributed by atoms with Crippen molar-refractivity contribution in [2.24, 2.45) is 0 Å². The maximum absolute atomic E-state index is 11.9. The molecule has 0 bridgehead atoms. The highest BCUT2D eigenvalue weighted by Gasteiger charge is 2.25. The minimum absolute atomic E-state index is 0.325. The van der Waals surface area contributed by atoms with Crippen LogP contribution in [0.15, 0.2) is 18.2 Å². The summed E-state index contributed by atoms with van der Waals surface area (Å²) in [4.78, 5) is 22.9. The number of carbonyl (C=O) groups excluding carboxylic acids is 1. The van der Waals surface area contributed by atoms with E-state index < -0.39 is 50.6 Å². The fourth-order valence-electron chi connectivity index (χ4n) is 1.58. The van der Waals surface area contributed by atoms with Gasteiger partial charge in [0.05, 0.1) is 5.75 Å². The molecule has 1 atom stereocenters. The lowest BCUT2D eigenvalue weighted by Gasteiger charge is -2.15. The van der Waals surface area contributed by atoms with Gasteiger partial charge < -0.3 is 20.6 Å². The molecule has 9 heteroatoms. The van der Waals surface area contributed by atoms with Crippen molar-refractivity contribution in [1.82, 2.24) is 5.32 Å². The number of phenolic OH excluding ortho intramolecular Hbond substituents is 2. The van der Waals surface area contributed by atoms with Gasteiger partial charge in [0.25, 0.3) is 5.91 Å². The van der Waals surface area contributed by atoms with Crippen LogP contribution in [0, 0.1) is 0 Å². The van der Waals surface area contributed by atoms with Gasteiger partial charge in [-0.1, -0.05) is 6.07 Å². The Morgan fingerprint density at radius 3 is 2.19 bits per heavy atom. The Morgan fingerprint density at radius 2 is 1.76 bits per heavy atom. The minimum atomic E-state index is -3.38. The first kappa shape index (κ1) is 16.8. The van der Waals surface area contributed by atoms with E-state index in [-0.39, 0.29) is 6.42 Å². The van der Waals surface area contributed by atoms with Crippen LogP contribution >= 0.6 is 0 Å². The highest BCUT2D eigenvalue weighted by Crippen LogP contribution is 2.26. The maximum Gasteiger partial charge on any atom is 0.326 e. The van der Waals surface area contributed by atoms with Crippen molar-refractivity contribution in [3.63, 3.8) is 0 Å². The summed E-state index contributed by atoms with van der Waals surface area (Å²) in [5.74, 6) is -3.87. The molecule has 0 fully saturated rings. The zero-order valence-electron chi connectivity index (χ0n) is 11.1. The van der Waals surface area contributed by atoms with Gasteiger partial charge in [-0.05, 0) is 18.6 Å². The Labute approximate surface area is 121 Å². The number of amides is 1. The number of phenols is 2. The van der Waals surface area contributed by atoms with Gasteiger partial charge in [0, 0.05) is 6.26 Å². The lowest BCUT2D eigenvalue weighted by molar-refractivity contribution is -0.139. The number of sulfone groups is 1.